The fraction of sp³-hybridized carbons (Fsp3) is 0.400. The topological polar surface area (TPSA) is 53.1 Å². The third kappa shape index (κ3) is 4.01. The van der Waals surface area contributed by atoms with Crippen LogP contribution in [0, 0.1) is 0 Å². The van der Waals surface area contributed by atoms with Crippen molar-refractivity contribution in [3.63, 3.8) is 0 Å². The first-order valence-electron chi connectivity index (χ1n) is 6.81. The Hall–Kier alpha value is -1.95. The van der Waals surface area contributed by atoms with E-state index in [9.17, 15) is 8.78 Å². The van der Waals surface area contributed by atoms with Gasteiger partial charge in [0.05, 0.1) is 5.69 Å². The van der Waals surface area contributed by atoms with Gasteiger partial charge in [-0.15, -0.1) is 0 Å². The maximum absolute atomic E-state index is 12.2. The van der Waals surface area contributed by atoms with Crippen molar-refractivity contribution in [1.82, 2.24) is 9.78 Å². The monoisotopic (exact) mass is 295 g/mol. The van der Waals surface area contributed by atoms with Crippen LogP contribution in [0.3, 0.4) is 0 Å². The molecule has 0 spiro atoms. The van der Waals surface area contributed by atoms with E-state index in [1.807, 2.05) is 20.0 Å². The van der Waals surface area contributed by atoms with Crippen molar-refractivity contribution in [2.75, 3.05) is 0 Å². The van der Waals surface area contributed by atoms with E-state index in [2.05, 4.69) is 9.84 Å². The molecule has 0 amide bonds. The third-order valence-electron chi connectivity index (χ3n) is 3.33. The van der Waals surface area contributed by atoms with Crippen molar-refractivity contribution in [2.45, 2.75) is 32.4 Å². The highest BCUT2D eigenvalue weighted by Gasteiger charge is 2.13. The Balaban J connectivity index is 2.12. The van der Waals surface area contributed by atoms with E-state index in [1.165, 1.54) is 6.07 Å². The first kappa shape index (κ1) is 15.4. The molecule has 1 heterocycles. The molecule has 0 saturated heterocycles. The maximum Gasteiger partial charge on any atom is 0.387 e. The molecular formula is C15H19F2N3O. The van der Waals surface area contributed by atoms with E-state index < -0.39 is 6.61 Å². The van der Waals surface area contributed by atoms with Crippen LogP contribution in [0.5, 0.6) is 5.75 Å². The minimum absolute atomic E-state index is 0.122. The van der Waals surface area contributed by atoms with Crippen LogP contribution in [0.25, 0.3) is 0 Å². The lowest BCUT2D eigenvalue weighted by atomic mass is 10.0. The number of rotatable bonds is 6. The molecule has 1 unspecified atom stereocenters. The number of hydrogen-bond donors (Lipinski definition) is 1. The largest absolute Gasteiger partial charge is 0.435 e. The molecule has 0 radical (unpaired) electrons. The van der Waals surface area contributed by atoms with Crippen LogP contribution in [0.1, 0.15) is 29.9 Å². The first-order valence-corrected chi connectivity index (χ1v) is 6.81. The zero-order valence-corrected chi connectivity index (χ0v) is 12.1. The van der Waals surface area contributed by atoms with Crippen LogP contribution in [0.4, 0.5) is 8.78 Å². The average Bonchev–Trinajstić information content (AvgIpc) is 2.79. The molecule has 1 aromatic heterocycles. The SMILES string of the molecule is CCc1cc(CC(N)c2cccc(OC(F)F)c2)n(C)n1. The molecule has 6 heteroatoms. The molecule has 114 valence electrons. The van der Waals surface area contributed by atoms with Gasteiger partial charge in [0.25, 0.3) is 0 Å². The second-order valence-corrected chi connectivity index (χ2v) is 4.87. The molecule has 1 atom stereocenters. The van der Waals surface area contributed by atoms with E-state index >= 15 is 0 Å². The molecule has 0 saturated carbocycles. The number of aryl methyl sites for hydroxylation is 2. The van der Waals surface area contributed by atoms with Crippen molar-refractivity contribution < 1.29 is 13.5 Å². The van der Waals surface area contributed by atoms with Crippen LogP contribution < -0.4 is 10.5 Å². The third-order valence-corrected chi connectivity index (χ3v) is 3.33. The molecule has 0 bridgehead atoms. The quantitative estimate of drug-likeness (QED) is 0.891. The maximum atomic E-state index is 12.2. The molecule has 0 aliphatic carbocycles. The normalized spacial score (nSPS) is 12.7. The Morgan fingerprint density at radius 1 is 1.33 bits per heavy atom. The number of nitrogens with zero attached hydrogens (tertiary/aromatic N) is 2. The predicted molar refractivity (Wildman–Crippen MR) is 76.3 cm³/mol. The summed E-state index contributed by atoms with van der Waals surface area (Å²) >= 11 is 0. The van der Waals surface area contributed by atoms with Crippen molar-refractivity contribution in [2.24, 2.45) is 12.8 Å². The first-order chi connectivity index (χ1) is 9.99. The molecule has 21 heavy (non-hydrogen) atoms. The summed E-state index contributed by atoms with van der Waals surface area (Å²) in [5, 5.41) is 4.37. The fourth-order valence-electron chi connectivity index (χ4n) is 2.20. The second kappa shape index (κ2) is 6.67. The van der Waals surface area contributed by atoms with Gasteiger partial charge >= 0.3 is 6.61 Å². The summed E-state index contributed by atoms with van der Waals surface area (Å²) in [7, 11) is 1.87. The minimum Gasteiger partial charge on any atom is -0.435 e. The molecule has 0 aliphatic rings. The average molecular weight is 295 g/mol. The number of nitrogens with two attached hydrogens (primary N) is 1. The van der Waals surface area contributed by atoms with Crippen LogP contribution in [-0.2, 0) is 19.9 Å². The van der Waals surface area contributed by atoms with E-state index in [4.69, 9.17) is 5.73 Å². The van der Waals surface area contributed by atoms with Gasteiger partial charge in [-0.25, -0.2) is 0 Å². The van der Waals surface area contributed by atoms with E-state index in [0.717, 1.165) is 23.4 Å². The van der Waals surface area contributed by atoms with Gasteiger partial charge in [0.15, 0.2) is 0 Å². The molecule has 0 aliphatic heterocycles. The van der Waals surface area contributed by atoms with Crippen molar-refractivity contribution in [3.8, 4) is 5.75 Å². The van der Waals surface area contributed by atoms with E-state index in [0.29, 0.717) is 6.42 Å². The number of aromatic nitrogens is 2. The summed E-state index contributed by atoms with van der Waals surface area (Å²) in [6.07, 6.45) is 1.45. The lowest BCUT2D eigenvalue weighted by Crippen LogP contribution is -2.15. The zero-order chi connectivity index (χ0) is 15.4. The van der Waals surface area contributed by atoms with Crippen molar-refractivity contribution in [1.29, 1.82) is 0 Å². The summed E-state index contributed by atoms with van der Waals surface area (Å²) in [6.45, 7) is -0.794. The Kier molecular flexibility index (Phi) is 4.90. The minimum atomic E-state index is -2.83. The molecule has 2 rings (SSSR count). The predicted octanol–water partition coefficient (Wildman–Crippen LogP) is 2.83. The second-order valence-electron chi connectivity index (χ2n) is 4.87. The number of hydrogen-bond acceptors (Lipinski definition) is 3. The standard InChI is InChI=1S/C15H19F2N3O/c1-3-11-8-12(20(2)19-11)9-14(18)10-5-4-6-13(7-10)21-15(16)17/h4-8,14-15H,3,9,18H2,1-2H3. The van der Waals surface area contributed by atoms with Crippen molar-refractivity contribution in [3.05, 3.63) is 47.3 Å². The van der Waals surface area contributed by atoms with Gasteiger partial charge in [0.1, 0.15) is 5.75 Å². The Labute approximate surface area is 122 Å². The lowest BCUT2D eigenvalue weighted by molar-refractivity contribution is -0.0499. The number of alkyl halides is 2. The Morgan fingerprint density at radius 3 is 2.71 bits per heavy atom. The van der Waals surface area contributed by atoms with Crippen LogP contribution in [-0.4, -0.2) is 16.4 Å². The molecule has 0 fully saturated rings. The number of benzene rings is 1. The van der Waals surface area contributed by atoms with E-state index in [1.54, 1.807) is 22.9 Å². The van der Waals surface area contributed by atoms with E-state index in [-0.39, 0.29) is 11.8 Å². The number of halogens is 2. The molecular weight excluding hydrogens is 276 g/mol. The van der Waals surface area contributed by atoms with Gasteiger partial charge in [-0.2, -0.15) is 13.9 Å². The van der Waals surface area contributed by atoms with Gasteiger partial charge < -0.3 is 10.5 Å². The van der Waals surface area contributed by atoms with Gasteiger partial charge in [0.2, 0.25) is 0 Å². The molecule has 2 N–H and O–H groups in total. The summed E-state index contributed by atoms with van der Waals surface area (Å²) in [5.41, 5.74) is 8.94. The van der Waals surface area contributed by atoms with Crippen LogP contribution in [0.15, 0.2) is 30.3 Å². The molecule has 4 nitrogen and oxygen atoms in total. The smallest absolute Gasteiger partial charge is 0.387 e. The summed E-state index contributed by atoms with van der Waals surface area (Å²) in [6, 6.07) is 8.22. The van der Waals surface area contributed by atoms with Gasteiger partial charge in [-0.3, -0.25) is 4.68 Å². The van der Waals surface area contributed by atoms with Crippen LogP contribution >= 0.6 is 0 Å². The van der Waals surface area contributed by atoms with Gasteiger partial charge in [0, 0.05) is 25.2 Å². The Morgan fingerprint density at radius 2 is 2.10 bits per heavy atom. The highest BCUT2D eigenvalue weighted by atomic mass is 19.3. The summed E-state index contributed by atoms with van der Waals surface area (Å²) < 4.78 is 30.7. The molecule has 1 aromatic carbocycles. The molecule has 2 aromatic rings. The van der Waals surface area contributed by atoms with Crippen molar-refractivity contribution >= 4 is 0 Å². The Bertz CT molecular complexity index is 598. The zero-order valence-electron chi connectivity index (χ0n) is 12.1. The fourth-order valence-corrected chi connectivity index (χ4v) is 2.20. The van der Waals surface area contributed by atoms with Crippen LogP contribution in [0.2, 0.25) is 0 Å². The number of ether oxygens (including phenoxy) is 1. The summed E-state index contributed by atoms with van der Waals surface area (Å²) in [5.74, 6) is 0.122. The summed E-state index contributed by atoms with van der Waals surface area (Å²) in [4.78, 5) is 0. The highest BCUT2D eigenvalue weighted by molar-refractivity contribution is 5.31. The lowest BCUT2D eigenvalue weighted by Gasteiger charge is -2.13. The van der Waals surface area contributed by atoms with Gasteiger partial charge in [-0.1, -0.05) is 19.1 Å². The highest BCUT2D eigenvalue weighted by Crippen LogP contribution is 2.22. The van der Waals surface area contributed by atoms with Gasteiger partial charge in [-0.05, 0) is 30.2 Å².